The van der Waals surface area contributed by atoms with Crippen molar-refractivity contribution in [1.82, 2.24) is 5.32 Å². The number of hydrogen-bond acceptors (Lipinski definition) is 2. The molecule has 0 bridgehead atoms. The molecule has 0 aromatic rings. The molecule has 1 N–H and O–H groups in total. The summed E-state index contributed by atoms with van der Waals surface area (Å²) in [5.41, 5.74) is 0. The molecule has 76 valence electrons. The van der Waals surface area contributed by atoms with Crippen LogP contribution in [-0.4, -0.2) is 25.7 Å². The second-order valence-corrected chi connectivity index (χ2v) is 4.02. The molecule has 0 aromatic carbocycles. The number of hydrogen-bond donors (Lipinski definition) is 1. The van der Waals surface area contributed by atoms with E-state index in [0.717, 1.165) is 12.3 Å². The van der Waals surface area contributed by atoms with Crippen LogP contribution in [0.25, 0.3) is 0 Å². The summed E-state index contributed by atoms with van der Waals surface area (Å²) in [5.74, 6) is 1.34. The summed E-state index contributed by atoms with van der Waals surface area (Å²) in [7, 11) is 1.54. The van der Waals surface area contributed by atoms with Crippen molar-refractivity contribution in [2.75, 3.05) is 13.7 Å². The Morgan fingerprint density at radius 1 is 1.46 bits per heavy atom. The number of carbonyl (C=O) groups is 1. The van der Waals surface area contributed by atoms with Crippen LogP contribution in [-0.2, 0) is 9.53 Å². The molecule has 0 aliphatic heterocycles. The smallest absolute Gasteiger partial charge is 0.246 e. The third-order valence-electron chi connectivity index (χ3n) is 3.09. The van der Waals surface area contributed by atoms with Crippen LogP contribution >= 0.6 is 0 Å². The molecule has 0 aromatic heterocycles. The van der Waals surface area contributed by atoms with Gasteiger partial charge in [-0.05, 0) is 24.7 Å². The topological polar surface area (TPSA) is 38.3 Å². The van der Waals surface area contributed by atoms with Gasteiger partial charge in [0.1, 0.15) is 6.61 Å². The fraction of sp³-hybridized carbons (Fsp3) is 0.900. The second-order valence-electron chi connectivity index (χ2n) is 4.02. The maximum Gasteiger partial charge on any atom is 0.246 e. The van der Waals surface area contributed by atoms with Crippen LogP contribution in [0.1, 0.15) is 26.7 Å². The molecule has 0 spiro atoms. The molecule has 13 heavy (non-hydrogen) atoms. The molecule has 3 atom stereocenters. The number of carbonyl (C=O) groups excluding carboxylic acids is 1. The fourth-order valence-corrected chi connectivity index (χ4v) is 1.95. The lowest BCUT2D eigenvalue weighted by molar-refractivity contribution is -0.125. The molecule has 1 aliphatic carbocycles. The molecular formula is C10H19NO2. The van der Waals surface area contributed by atoms with Crippen LogP contribution in [0.4, 0.5) is 0 Å². The van der Waals surface area contributed by atoms with Gasteiger partial charge in [0.2, 0.25) is 5.91 Å². The first kappa shape index (κ1) is 10.5. The van der Waals surface area contributed by atoms with E-state index >= 15 is 0 Å². The second kappa shape index (κ2) is 4.61. The maximum absolute atomic E-state index is 11.2. The first-order chi connectivity index (χ1) is 6.15. The zero-order valence-electron chi connectivity index (χ0n) is 8.67. The van der Waals surface area contributed by atoms with Gasteiger partial charge < -0.3 is 10.1 Å². The summed E-state index contributed by atoms with van der Waals surface area (Å²) < 4.78 is 4.76. The first-order valence-corrected chi connectivity index (χ1v) is 4.93. The molecule has 3 heteroatoms. The van der Waals surface area contributed by atoms with Gasteiger partial charge in [0, 0.05) is 13.2 Å². The summed E-state index contributed by atoms with van der Waals surface area (Å²) in [6.07, 6.45) is 2.33. The molecule has 0 heterocycles. The summed E-state index contributed by atoms with van der Waals surface area (Å²) in [6, 6.07) is 0.359. The van der Waals surface area contributed by atoms with Crippen LogP contribution < -0.4 is 5.32 Å². The largest absolute Gasteiger partial charge is 0.375 e. The summed E-state index contributed by atoms with van der Waals surface area (Å²) >= 11 is 0. The van der Waals surface area contributed by atoms with Gasteiger partial charge in [0.25, 0.3) is 0 Å². The molecule has 1 rings (SSSR count). The average Bonchev–Trinajstić information content (AvgIpc) is 2.37. The normalized spacial score (nSPS) is 33.3. The molecule has 1 aliphatic rings. The lowest BCUT2D eigenvalue weighted by Gasteiger charge is -2.19. The Labute approximate surface area is 79.8 Å². The predicted octanol–water partition coefficient (Wildman–Crippen LogP) is 1.18. The zero-order valence-corrected chi connectivity index (χ0v) is 8.67. The van der Waals surface area contributed by atoms with Gasteiger partial charge in [0.05, 0.1) is 0 Å². The van der Waals surface area contributed by atoms with E-state index < -0.39 is 0 Å². The van der Waals surface area contributed by atoms with E-state index in [1.165, 1.54) is 6.42 Å². The maximum atomic E-state index is 11.2. The van der Waals surface area contributed by atoms with Crippen LogP contribution in [0.15, 0.2) is 0 Å². The van der Waals surface area contributed by atoms with Gasteiger partial charge in [-0.3, -0.25) is 4.79 Å². The molecule has 0 saturated heterocycles. The van der Waals surface area contributed by atoms with Crippen molar-refractivity contribution in [2.45, 2.75) is 32.7 Å². The Hall–Kier alpha value is -0.570. The highest BCUT2D eigenvalue weighted by molar-refractivity contribution is 5.77. The zero-order chi connectivity index (χ0) is 9.84. The highest BCUT2D eigenvalue weighted by atomic mass is 16.5. The lowest BCUT2D eigenvalue weighted by Crippen LogP contribution is -2.39. The Morgan fingerprint density at radius 2 is 2.15 bits per heavy atom. The van der Waals surface area contributed by atoms with E-state index in [0.29, 0.717) is 12.0 Å². The molecule has 3 unspecified atom stereocenters. The van der Waals surface area contributed by atoms with Crippen molar-refractivity contribution in [1.29, 1.82) is 0 Å². The molecule has 1 amide bonds. The highest BCUT2D eigenvalue weighted by Crippen LogP contribution is 2.30. The predicted molar refractivity (Wildman–Crippen MR) is 51.4 cm³/mol. The third-order valence-corrected chi connectivity index (χ3v) is 3.09. The van der Waals surface area contributed by atoms with Gasteiger partial charge in [-0.25, -0.2) is 0 Å². The van der Waals surface area contributed by atoms with E-state index in [9.17, 15) is 4.79 Å². The Morgan fingerprint density at radius 3 is 2.62 bits per heavy atom. The van der Waals surface area contributed by atoms with Crippen LogP contribution in [0, 0.1) is 11.8 Å². The summed E-state index contributed by atoms with van der Waals surface area (Å²) in [5, 5.41) is 3.00. The van der Waals surface area contributed by atoms with Crippen LogP contribution in [0.3, 0.4) is 0 Å². The van der Waals surface area contributed by atoms with Crippen molar-refractivity contribution < 1.29 is 9.53 Å². The molecule has 1 fully saturated rings. The van der Waals surface area contributed by atoms with Gasteiger partial charge in [-0.15, -0.1) is 0 Å². The van der Waals surface area contributed by atoms with Crippen molar-refractivity contribution in [2.24, 2.45) is 11.8 Å². The molecule has 3 nitrogen and oxygen atoms in total. The average molecular weight is 185 g/mol. The Kier molecular flexibility index (Phi) is 3.72. The van der Waals surface area contributed by atoms with Crippen molar-refractivity contribution in [3.63, 3.8) is 0 Å². The standard InChI is InChI=1S/C10H19NO2/c1-7-4-5-9(8(7)2)11-10(12)6-13-3/h7-9H,4-6H2,1-3H3,(H,11,12). The van der Waals surface area contributed by atoms with E-state index in [1.807, 2.05) is 0 Å². The van der Waals surface area contributed by atoms with E-state index in [4.69, 9.17) is 4.74 Å². The van der Waals surface area contributed by atoms with E-state index in [-0.39, 0.29) is 12.5 Å². The lowest BCUT2D eigenvalue weighted by atomic mass is 9.98. The Bertz CT molecular complexity index is 182. The minimum absolute atomic E-state index is 0.00782. The fourth-order valence-electron chi connectivity index (χ4n) is 1.95. The number of amides is 1. The van der Waals surface area contributed by atoms with Crippen LogP contribution in [0.5, 0.6) is 0 Å². The SMILES string of the molecule is COCC(=O)NC1CCC(C)C1C. The van der Waals surface area contributed by atoms with Crippen LogP contribution in [0.2, 0.25) is 0 Å². The van der Waals surface area contributed by atoms with Crippen molar-refractivity contribution >= 4 is 5.91 Å². The van der Waals surface area contributed by atoms with E-state index in [1.54, 1.807) is 7.11 Å². The first-order valence-electron chi connectivity index (χ1n) is 4.93. The monoisotopic (exact) mass is 185 g/mol. The molecule has 1 saturated carbocycles. The van der Waals surface area contributed by atoms with Gasteiger partial charge in [0.15, 0.2) is 0 Å². The van der Waals surface area contributed by atoms with Crippen molar-refractivity contribution in [3.8, 4) is 0 Å². The highest BCUT2D eigenvalue weighted by Gasteiger charge is 2.30. The van der Waals surface area contributed by atoms with E-state index in [2.05, 4.69) is 19.2 Å². The number of rotatable bonds is 3. The molecule has 0 radical (unpaired) electrons. The minimum Gasteiger partial charge on any atom is -0.375 e. The number of nitrogens with one attached hydrogen (secondary N) is 1. The van der Waals surface area contributed by atoms with Gasteiger partial charge in [-0.1, -0.05) is 13.8 Å². The molecular weight excluding hydrogens is 166 g/mol. The summed E-state index contributed by atoms with van der Waals surface area (Å²) in [4.78, 5) is 11.2. The third kappa shape index (κ3) is 2.69. The minimum atomic E-state index is 0.00782. The Balaban J connectivity index is 2.33. The number of ether oxygens (including phenoxy) is 1. The number of methoxy groups -OCH3 is 1. The summed E-state index contributed by atoms with van der Waals surface area (Å²) in [6.45, 7) is 4.63. The van der Waals surface area contributed by atoms with Crippen molar-refractivity contribution in [3.05, 3.63) is 0 Å². The van der Waals surface area contributed by atoms with Gasteiger partial charge >= 0.3 is 0 Å². The van der Waals surface area contributed by atoms with Gasteiger partial charge in [-0.2, -0.15) is 0 Å². The quantitative estimate of drug-likeness (QED) is 0.717.